The summed E-state index contributed by atoms with van der Waals surface area (Å²) in [7, 11) is 1.81. The summed E-state index contributed by atoms with van der Waals surface area (Å²) in [6.07, 6.45) is 0. The number of halogens is 3. The monoisotopic (exact) mass is 470 g/mol. The number of carbonyl (C=O) groups is 1. The average molecular weight is 472 g/mol. The Morgan fingerprint density at radius 1 is 1.17 bits per heavy atom. The zero-order chi connectivity index (χ0) is 21.0. The Balaban J connectivity index is 1.61. The van der Waals surface area contributed by atoms with Crippen LogP contribution in [0.4, 0.5) is 5.69 Å². The highest BCUT2D eigenvalue weighted by molar-refractivity contribution is 8.00. The minimum atomic E-state index is -0.429. The lowest BCUT2D eigenvalue weighted by Gasteiger charge is -2.13. The van der Waals surface area contributed by atoms with Gasteiger partial charge in [-0.3, -0.25) is 4.79 Å². The number of nitrogens with zero attached hydrogens (tertiary/aromatic N) is 3. The molecule has 6 nitrogen and oxygen atoms in total. The molecule has 0 aliphatic rings. The van der Waals surface area contributed by atoms with E-state index in [2.05, 4.69) is 15.5 Å². The Bertz CT molecular complexity index is 1030. The van der Waals surface area contributed by atoms with E-state index in [0.717, 1.165) is 0 Å². The molecule has 1 heterocycles. The fourth-order valence-corrected chi connectivity index (χ4v) is 3.79. The quantitative estimate of drug-likeness (QED) is 0.463. The molecular weight excluding hydrogens is 455 g/mol. The van der Waals surface area contributed by atoms with Crippen molar-refractivity contribution in [3.05, 3.63) is 63.4 Å². The Hall–Kier alpha value is -1.93. The van der Waals surface area contributed by atoms with Crippen LogP contribution in [-0.2, 0) is 18.4 Å². The number of benzene rings is 2. The van der Waals surface area contributed by atoms with Crippen LogP contribution in [0.2, 0.25) is 15.1 Å². The molecule has 1 unspecified atom stereocenters. The fourth-order valence-electron chi connectivity index (χ4n) is 2.31. The first kappa shape index (κ1) is 21.8. The molecule has 0 saturated carbocycles. The van der Waals surface area contributed by atoms with Crippen LogP contribution in [0.25, 0.3) is 0 Å². The van der Waals surface area contributed by atoms with E-state index in [1.807, 2.05) is 19.2 Å². The maximum absolute atomic E-state index is 12.5. The van der Waals surface area contributed by atoms with Crippen molar-refractivity contribution in [1.82, 2.24) is 14.8 Å². The van der Waals surface area contributed by atoms with Gasteiger partial charge in [0.05, 0.1) is 21.0 Å². The molecule has 1 aromatic heterocycles. The van der Waals surface area contributed by atoms with E-state index >= 15 is 0 Å². The average Bonchev–Trinajstić information content (AvgIpc) is 3.03. The summed E-state index contributed by atoms with van der Waals surface area (Å²) in [4.78, 5) is 12.5. The largest absolute Gasteiger partial charge is 0.484 e. The van der Waals surface area contributed by atoms with E-state index in [0.29, 0.717) is 37.5 Å². The van der Waals surface area contributed by atoms with Gasteiger partial charge in [-0.25, -0.2) is 0 Å². The highest BCUT2D eigenvalue weighted by atomic mass is 35.5. The van der Waals surface area contributed by atoms with Gasteiger partial charge in [-0.05, 0) is 37.3 Å². The molecule has 3 aromatic rings. The molecule has 0 aliphatic carbocycles. The fraction of sp³-hybridized carbons (Fsp3) is 0.211. The number of rotatable bonds is 7. The van der Waals surface area contributed by atoms with Gasteiger partial charge in [0.25, 0.3) is 0 Å². The molecule has 1 atom stereocenters. The number of thioether (sulfide) groups is 1. The van der Waals surface area contributed by atoms with Crippen LogP contribution in [-0.4, -0.2) is 25.9 Å². The Morgan fingerprint density at radius 2 is 1.93 bits per heavy atom. The first-order valence-corrected chi connectivity index (χ1v) is 10.5. The van der Waals surface area contributed by atoms with Gasteiger partial charge in [-0.2, -0.15) is 0 Å². The Labute approximate surface area is 187 Å². The third-order valence-corrected chi connectivity index (χ3v) is 5.95. The van der Waals surface area contributed by atoms with Crippen molar-refractivity contribution in [2.24, 2.45) is 7.05 Å². The zero-order valence-corrected chi connectivity index (χ0v) is 18.6. The number of carbonyl (C=O) groups excluding carboxylic acids is 1. The summed E-state index contributed by atoms with van der Waals surface area (Å²) in [5.41, 5.74) is 0.500. The van der Waals surface area contributed by atoms with Gasteiger partial charge < -0.3 is 14.6 Å². The normalized spacial score (nSPS) is 11.9. The number of nitrogens with one attached hydrogen (secondary N) is 1. The Kier molecular flexibility index (Phi) is 7.29. The second-order valence-electron chi connectivity index (χ2n) is 6.05. The van der Waals surface area contributed by atoms with Gasteiger partial charge >= 0.3 is 0 Å². The van der Waals surface area contributed by atoms with E-state index in [1.54, 1.807) is 41.8 Å². The third kappa shape index (κ3) is 5.57. The van der Waals surface area contributed by atoms with Gasteiger partial charge in [-0.15, -0.1) is 10.2 Å². The SMILES string of the molecule is CC(Sc1nnc(COc2ccccc2Cl)n1C)C(=O)Nc1ccc(Cl)cc1Cl. The van der Waals surface area contributed by atoms with Crippen LogP contribution in [0.1, 0.15) is 12.7 Å². The molecule has 3 rings (SSSR count). The molecule has 1 amide bonds. The molecule has 29 heavy (non-hydrogen) atoms. The predicted octanol–water partition coefficient (Wildman–Crippen LogP) is 5.47. The van der Waals surface area contributed by atoms with Crippen molar-refractivity contribution < 1.29 is 9.53 Å². The highest BCUT2D eigenvalue weighted by Crippen LogP contribution is 2.28. The van der Waals surface area contributed by atoms with Crippen molar-refractivity contribution >= 4 is 58.2 Å². The third-order valence-electron chi connectivity index (χ3n) is 3.96. The van der Waals surface area contributed by atoms with Crippen LogP contribution in [0.5, 0.6) is 5.75 Å². The summed E-state index contributed by atoms with van der Waals surface area (Å²) in [5.74, 6) is 0.968. The molecule has 0 spiro atoms. The van der Waals surface area contributed by atoms with Crippen LogP contribution in [0.15, 0.2) is 47.6 Å². The lowest BCUT2D eigenvalue weighted by atomic mass is 10.3. The van der Waals surface area contributed by atoms with Gasteiger partial charge in [0, 0.05) is 12.1 Å². The van der Waals surface area contributed by atoms with Crippen molar-refractivity contribution in [1.29, 1.82) is 0 Å². The second kappa shape index (κ2) is 9.71. The van der Waals surface area contributed by atoms with Crippen molar-refractivity contribution in [3.8, 4) is 5.75 Å². The van der Waals surface area contributed by atoms with Crippen molar-refractivity contribution in [3.63, 3.8) is 0 Å². The van der Waals surface area contributed by atoms with E-state index < -0.39 is 5.25 Å². The zero-order valence-electron chi connectivity index (χ0n) is 15.5. The smallest absolute Gasteiger partial charge is 0.237 e. The van der Waals surface area contributed by atoms with Gasteiger partial charge in [0.2, 0.25) is 5.91 Å². The second-order valence-corrected chi connectivity index (χ2v) is 8.61. The maximum Gasteiger partial charge on any atom is 0.237 e. The molecular formula is C19H17Cl3N4O2S. The van der Waals surface area contributed by atoms with E-state index in [1.165, 1.54) is 11.8 Å². The predicted molar refractivity (Wildman–Crippen MR) is 117 cm³/mol. The number of hydrogen-bond acceptors (Lipinski definition) is 5. The molecule has 0 fully saturated rings. The standard InChI is InChI=1S/C19H17Cl3N4O2S/c1-11(18(27)23-15-8-7-12(20)9-14(15)22)29-19-25-24-17(26(19)2)10-28-16-6-4-3-5-13(16)21/h3-9,11H,10H2,1-2H3,(H,23,27). The first-order chi connectivity index (χ1) is 13.8. The summed E-state index contributed by atoms with van der Waals surface area (Å²) >= 11 is 19.4. The van der Waals surface area contributed by atoms with Crippen LogP contribution < -0.4 is 10.1 Å². The molecule has 10 heteroatoms. The van der Waals surface area contributed by atoms with Gasteiger partial charge in [0.15, 0.2) is 11.0 Å². The topological polar surface area (TPSA) is 69.0 Å². The molecule has 0 saturated heterocycles. The van der Waals surface area contributed by atoms with Crippen LogP contribution >= 0.6 is 46.6 Å². The minimum Gasteiger partial charge on any atom is -0.484 e. The van der Waals surface area contributed by atoms with Crippen LogP contribution in [0, 0.1) is 0 Å². The van der Waals surface area contributed by atoms with Gasteiger partial charge in [0.1, 0.15) is 12.4 Å². The van der Waals surface area contributed by atoms with E-state index in [-0.39, 0.29) is 12.5 Å². The Morgan fingerprint density at radius 3 is 2.66 bits per heavy atom. The highest BCUT2D eigenvalue weighted by Gasteiger charge is 2.20. The molecule has 0 bridgehead atoms. The molecule has 0 radical (unpaired) electrons. The van der Waals surface area contributed by atoms with Crippen LogP contribution in [0.3, 0.4) is 0 Å². The number of ether oxygens (including phenoxy) is 1. The van der Waals surface area contributed by atoms with E-state index in [4.69, 9.17) is 39.5 Å². The summed E-state index contributed by atoms with van der Waals surface area (Å²) < 4.78 is 7.48. The number of amides is 1. The molecule has 1 N–H and O–H groups in total. The summed E-state index contributed by atoms with van der Waals surface area (Å²) in [5, 5.41) is 12.6. The number of anilines is 1. The summed E-state index contributed by atoms with van der Waals surface area (Å²) in [6, 6.07) is 12.1. The van der Waals surface area contributed by atoms with Crippen molar-refractivity contribution in [2.45, 2.75) is 23.9 Å². The number of aromatic nitrogens is 3. The molecule has 2 aromatic carbocycles. The summed E-state index contributed by atoms with van der Waals surface area (Å²) in [6.45, 7) is 1.98. The minimum absolute atomic E-state index is 0.203. The lowest BCUT2D eigenvalue weighted by Crippen LogP contribution is -2.23. The number of hydrogen-bond donors (Lipinski definition) is 1. The first-order valence-electron chi connectivity index (χ1n) is 8.53. The lowest BCUT2D eigenvalue weighted by molar-refractivity contribution is -0.115. The van der Waals surface area contributed by atoms with Crippen molar-refractivity contribution in [2.75, 3.05) is 5.32 Å². The molecule has 0 aliphatic heterocycles. The van der Waals surface area contributed by atoms with Gasteiger partial charge in [-0.1, -0.05) is 58.7 Å². The maximum atomic E-state index is 12.5. The van der Waals surface area contributed by atoms with E-state index in [9.17, 15) is 4.79 Å². The number of para-hydroxylation sites is 1. The molecule has 152 valence electrons.